The molecule has 1 aliphatic rings. The van der Waals surface area contributed by atoms with Gasteiger partial charge in [0.15, 0.2) is 0 Å². The van der Waals surface area contributed by atoms with Crippen LogP contribution in [-0.4, -0.2) is 35.1 Å². The van der Waals surface area contributed by atoms with Crippen LogP contribution in [0.5, 0.6) is 0 Å². The average molecular weight is 253 g/mol. The largest absolute Gasteiger partial charge is 0.394 e. The molecular weight excluding hydrogens is 234 g/mol. The van der Waals surface area contributed by atoms with Crippen molar-refractivity contribution >= 4 is 17.2 Å². The third-order valence-electron chi connectivity index (χ3n) is 3.55. The monoisotopic (exact) mass is 253 g/mol. The van der Waals surface area contributed by atoms with E-state index in [2.05, 4.69) is 13.8 Å². The van der Waals surface area contributed by atoms with E-state index in [1.807, 2.05) is 17.0 Å². The van der Waals surface area contributed by atoms with Crippen molar-refractivity contribution in [2.45, 2.75) is 32.7 Å². The molecule has 1 aromatic heterocycles. The Labute approximate surface area is 106 Å². The Balaban J connectivity index is 2.14. The molecule has 4 heteroatoms. The van der Waals surface area contributed by atoms with Crippen LogP contribution in [-0.2, 0) is 6.42 Å². The van der Waals surface area contributed by atoms with Crippen LogP contribution in [0.25, 0.3) is 0 Å². The lowest BCUT2D eigenvalue weighted by Gasteiger charge is -2.24. The number of hydrogen-bond acceptors (Lipinski definition) is 3. The SMILES string of the molecule is CCc1ccc(C(=O)N2CCC(C)C2CO)s1. The molecule has 1 saturated heterocycles. The van der Waals surface area contributed by atoms with Gasteiger partial charge in [-0.15, -0.1) is 11.3 Å². The van der Waals surface area contributed by atoms with Crippen molar-refractivity contribution in [3.05, 3.63) is 21.9 Å². The van der Waals surface area contributed by atoms with Gasteiger partial charge >= 0.3 is 0 Å². The first-order valence-electron chi connectivity index (χ1n) is 6.18. The number of thiophene rings is 1. The van der Waals surface area contributed by atoms with Crippen molar-refractivity contribution in [3.8, 4) is 0 Å². The lowest BCUT2D eigenvalue weighted by molar-refractivity contribution is 0.0653. The minimum Gasteiger partial charge on any atom is -0.394 e. The number of carbonyl (C=O) groups is 1. The molecule has 0 aromatic carbocycles. The smallest absolute Gasteiger partial charge is 0.264 e. The van der Waals surface area contributed by atoms with Gasteiger partial charge in [-0.2, -0.15) is 0 Å². The Morgan fingerprint density at radius 1 is 1.59 bits per heavy atom. The molecule has 0 saturated carbocycles. The molecule has 2 unspecified atom stereocenters. The van der Waals surface area contributed by atoms with Gasteiger partial charge in [0.25, 0.3) is 5.91 Å². The van der Waals surface area contributed by atoms with Crippen molar-refractivity contribution in [2.24, 2.45) is 5.92 Å². The highest BCUT2D eigenvalue weighted by molar-refractivity contribution is 7.14. The number of hydrogen-bond donors (Lipinski definition) is 1. The van der Waals surface area contributed by atoms with Crippen molar-refractivity contribution in [1.82, 2.24) is 4.90 Å². The minimum absolute atomic E-state index is 0.00493. The quantitative estimate of drug-likeness (QED) is 0.896. The summed E-state index contributed by atoms with van der Waals surface area (Å²) in [6.07, 6.45) is 1.96. The second-order valence-corrected chi connectivity index (χ2v) is 5.80. The van der Waals surface area contributed by atoms with E-state index < -0.39 is 0 Å². The molecule has 0 aliphatic carbocycles. The summed E-state index contributed by atoms with van der Waals surface area (Å²) in [5, 5.41) is 9.36. The lowest BCUT2D eigenvalue weighted by Crippen LogP contribution is -2.39. The molecule has 3 nitrogen and oxygen atoms in total. The number of rotatable bonds is 3. The van der Waals surface area contributed by atoms with Crippen LogP contribution >= 0.6 is 11.3 Å². The summed E-state index contributed by atoms with van der Waals surface area (Å²) < 4.78 is 0. The molecule has 2 heterocycles. The Morgan fingerprint density at radius 3 is 2.94 bits per heavy atom. The number of amides is 1. The minimum atomic E-state index is -0.00493. The zero-order chi connectivity index (χ0) is 12.4. The van der Waals surface area contributed by atoms with Crippen LogP contribution in [0.4, 0.5) is 0 Å². The van der Waals surface area contributed by atoms with Crippen LogP contribution < -0.4 is 0 Å². The first-order chi connectivity index (χ1) is 8.17. The van der Waals surface area contributed by atoms with Gasteiger partial charge in [-0.25, -0.2) is 0 Å². The van der Waals surface area contributed by atoms with Crippen molar-refractivity contribution < 1.29 is 9.90 Å². The van der Waals surface area contributed by atoms with E-state index in [1.54, 1.807) is 11.3 Å². The molecule has 0 bridgehead atoms. The second-order valence-electron chi connectivity index (χ2n) is 4.63. The van der Waals surface area contributed by atoms with Gasteiger partial charge in [0.05, 0.1) is 17.5 Å². The van der Waals surface area contributed by atoms with E-state index in [0.29, 0.717) is 5.92 Å². The normalized spacial score (nSPS) is 24.3. The fourth-order valence-corrected chi connectivity index (χ4v) is 3.27. The molecule has 2 atom stereocenters. The molecule has 94 valence electrons. The Kier molecular flexibility index (Phi) is 3.84. The summed E-state index contributed by atoms with van der Waals surface area (Å²) in [7, 11) is 0. The summed E-state index contributed by atoms with van der Waals surface area (Å²) in [5.74, 6) is 0.479. The van der Waals surface area contributed by atoms with E-state index >= 15 is 0 Å². The average Bonchev–Trinajstić information content (AvgIpc) is 2.94. The third kappa shape index (κ3) is 2.38. The second kappa shape index (κ2) is 5.19. The van der Waals surface area contributed by atoms with E-state index in [9.17, 15) is 9.90 Å². The van der Waals surface area contributed by atoms with Crippen molar-refractivity contribution in [3.63, 3.8) is 0 Å². The Morgan fingerprint density at radius 2 is 2.35 bits per heavy atom. The van der Waals surface area contributed by atoms with E-state index in [4.69, 9.17) is 0 Å². The number of nitrogens with zero attached hydrogens (tertiary/aromatic N) is 1. The Hall–Kier alpha value is -0.870. The first kappa shape index (κ1) is 12.6. The highest BCUT2D eigenvalue weighted by Crippen LogP contribution is 2.27. The number of aryl methyl sites for hydroxylation is 1. The molecule has 1 N–H and O–H groups in total. The maximum absolute atomic E-state index is 12.3. The highest BCUT2D eigenvalue weighted by atomic mass is 32.1. The molecule has 1 aromatic rings. The zero-order valence-corrected chi connectivity index (χ0v) is 11.2. The summed E-state index contributed by atoms with van der Waals surface area (Å²) in [5.41, 5.74) is 0. The lowest BCUT2D eigenvalue weighted by atomic mass is 10.0. The van der Waals surface area contributed by atoms with Crippen LogP contribution in [0, 0.1) is 5.92 Å². The van der Waals surface area contributed by atoms with Crippen LogP contribution in [0.3, 0.4) is 0 Å². The number of carbonyl (C=O) groups excluding carboxylic acids is 1. The molecule has 0 spiro atoms. The molecule has 1 amide bonds. The van der Waals surface area contributed by atoms with Gasteiger partial charge in [-0.1, -0.05) is 13.8 Å². The van der Waals surface area contributed by atoms with Gasteiger partial charge in [-0.05, 0) is 30.9 Å². The van der Waals surface area contributed by atoms with Gasteiger partial charge in [0, 0.05) is 11.4 Å². The summed E-state index contributed by atoms with van der Waals surface area (Å²) in [4.78, 5) is 16.2. The maximum Gasteiger partial charge on any atom is 0.264 e. The van der Waals surface area contributed by atoms with Gasteiger partial charge < -0.3 is 10.0 Å². The van der Waals surface area contributed by atoms with Crippen LogP contribution in [0.15, 0.2) is 12.1 Å². The molecule has 1 aliphatic heterocycles. The highest BCUT2D eigenvalue weighted by Gasteiger charge is 2.34. The van der Waals surface area contributed by atoms with Gasteiger partial charge in [0.2, 0.25) is 0 Å². The standard InChI is InChI=1S/C13H19NO2S/c1-3-10-4-5-12(17-10)13(16)14-7-6-9(2)11(14)8-15/h4-5,9,11,15H,3,6-8H2,1-2H3. The molecule has 2 rings (SSSR count). The predicted octanol–water partition coefficient (Wildman–Crippen LogP) is 2.15. The summed E-state index contributed by atoms with van der Waals surface area (Å²) in [6, 6.07) is 3.92. The van der Waals surface area contributed by atoms with Crippen molar-refractivity contribution in [2.75, 3.05) is 13.2 Å². The zero-order valence-electron chi connectivity index (χ0n) is 10.3. The fraction of sp³-hybridized carbons (Fsp3) is 0.615. The van der Waals surface area contributed by atoms with Gasteiger partial charge in [0.1, 0.15) is 0 Å². The number of aliphatic hydroxyl groups is 1. The maximum atomic E-state index is 12.3. The number of aliphatic hydroxyl groups excluding tert-OH is 1. The summed E-state index contributed by atoms with van der Waals surface area (Å²) >= 11 is 1.57. The fourth-order valence-electron chi connectivity index (χ4n) is 2.36. The predicted molar refractivity (Wildman–Crippen MR) is 69.4 cm³/mol. The van der Waals surface area contributed by atoms with Gasteiger partial charge in [-0.3, -0.25) is 4.79 Å². The topological polar surface area (TPSA) is 40.5 Å². The van der Waals surface area contributed by atoms with E-state index in [1.165, 1.54) is 4.88 Å². The number of likely N-dealkylation sites (tertiary alicyclic amines) is 1. The van der Waals surface area contributed by atoms with Crippen LogP contribution in [0.2, 0.25) is 0 Å². The van der Waals surface area contributed by atoms with Crippen molar-refractivity contribution in [1.29, 1.82) is 0 Å². The molecule has 17 heavy (non-hydrogen) atoms. The third-order valence-corrected chi connectivity index (χ3v) is 4.77. The van der Waals surface area contributed by atoms with E-state index in [0.717, 1.165) is 24.3 Å². The summed E-state index contributed by atoms with van der Waals surface area (Å²) in [6.45, 7) is 5.03. The Bertz CT molecular complexity index is 402. The molecule has 1 fully saturated rings. The first-order valence-corrected chi connectivity index (χ1v) is 6.99. The molecule has 0 radical (unpaired) electrons. The van der Waals surface area contributed by atoms with Crippen LogP contribution in [0.1, 0.15) is 34.8 Å². The molecular formula is C13H19NO2S. The van der Waals surface area contributed by atoms with E-state index in [-0.39, 0.29) is 18.6 Å².